The highest BCUT2D eigenvalue weighted by Gasteiger charge is 2.20. The highest BCUT2D eigenvalue weighted by molar-refractivity contribution is 9.13. The summed E-state index contributed by atoms with van der Waals surface area (Å²) in [6, 6.07) is 2.37. The Hall–Kier alpha value is 0.210. The van der Waals surface area contributed by atoms with Gasteiger partial charge in [0.25, 0.3) is 0 Å². The molecule has 1 unspecified atom stereocenters. The average molecular weight is 425 g/mol. The number of rotatable bonds is 5. The lowest BCUT2D eigenvalue weighted by molar-refractivity contribution is 0.246. The Kier molecular flexibility index (Phi) is 5.56. The van der Waals surface area contributed by atoms with Gasteiger partial charge in [0.1, 0.15) is 0 Å². The van der Waals surface area contributed by atoms with E-state index >= 15 is 0 Å². The van der Waals surface area contributed by atoms with Crippen molar-refractivity contribution in [1.82, 2.24) is 9.88 Å². The first-order chi connectivity index (χ1) is 9.02. The molecule has 0 aliphatic rings. The number of hydrogen-bond donors (Lipinski definition) is 1. The first-order valence-electron chi connectivity index (χ1n) is 5.77. The zero-order valence-corrected chi connectivity index (χ0v) is 15.5. The molecule has 0 aliphatic heterocycles. The third kappa shape index (κ3) is 3.65. The fourth-order valence-corrected chi connectivity index (χ4v) is 4.96. The van der Waals surface area contributed by atoms with E-state index in [1.807, 2.05) is 5.51 Å². The minimum Gasteiger partial charge on any atom is -0.329 e. The topological polar surface area (TPSA) is 42.2 Å². The molecule has 2 aromatic rings. The Morgan fingerprint density at radius 1 is 1.47 bits per heavy atom. The Morgan fingerprint density at radius 3 is 2.68 bits per heavy atom. The van der Waals surface area contributed by atoms with Crippen LogP contribution in [0.4, 0.5) is 0 Å². The van der Waals surface area contributed by atoms with E-state index in [0.29, 0.717) is 6.54 Å². The second-order valence-corrected chi connectivity index (χ2v) is 8.49. The van der Waals surface area contributed by atoms with Gasteiger partial charge in [-0.1, -0.05) is 0 Å². The van der Waals surface area contributed by atoms with Gasteiger partial charge in [0.05, 0.1) is 21.0 Å². The minimum atomic E-state index is 0.231. The molecule has 2 rings (SSSR count). The number of aryl methyl sites for hydroxylation is 1. The van der Waals surface area contributed by atoms with Gasteiger partial charge in [-0.05, 0) is 51.9 Å². The fourth-order valence-electron chi connectivity index (χ4n) is 1.86. The summed E-state index contributed by atoms with van der Waals surface area (Å²) >= 11 is 10.5. The lowest BCUT2D eigenvalue weighted by Gasteiger charge is -2.25. The zero-order valence-electron chi connectivity index (χ0n) is 10.7. The predicted molar refractivity (Wildman–Crippen MR) is 89.8 cm³/mol. The number of thiophene rings is 1. The summed E-state index contributed by atoms with van der Waals surface area (Å²) in [4.78, 5) is 9.15. The van der Waals surface area contributed by atoms with Gasteiger partial charge in [-0.2, -0.15) is 0 Å². The SMILES string of the molecule is Cc1ncsc1CN(C)C(CN)c1cc(Br)c(Br)s1. The molecule has 0 aliphatic carbocycles. The van der Waals surface area contributed by atoms with E-state index in [0.717, 1.165) is 20.5 Å². The fraction of sp³-hybridized carbons (Fsp3) is 0.417. The normalized spacial score (nSPS) is 13.2. The standard InChI is InChI=1S/C12H15Br2N3S2/c1-7-11(18-6-16-7)5-17(2)9(4-15)10-3-8(13)12(14)19-10/h3,6,9H,4-5,15H2,1-2H3. The van der Waals surface area contributed by atoms with Crippen molar-refractivity contribution in [3.05, 3.63) is 35.3 Å². The molecule has 0 aromatic carbocycles. The molecule has 0 saturated heterocycles. The van der Waals surface area contributed by atoms with Crippen LogP contribution >= 0.6 is 54.5 Å². The molecule has 0 bridgehead atoms. The molecule has 3 nitrogen and oxygen atoms in total. The van der Waals surface area contributed by atoms with Crippen molar-refractivity contribution < 1.29 is 0 Å². The van der Waals surface area contributed by atoms with Crippen molar-refractivity contribution >= 4 is 54.5 Å². The van der Waals surface area contributed by atoms with E-state index in [1.54, 1.807) is 22.7 Å². The molecule has 19 heavy (non-hydrogen) atoms. The lowest BCUT2D eigenvalue weighted by atomic mass is 10.2. The number of hydrogen-bond acceptors (Lipinski definition) is 5. The molecule has 0 saturated carbocycles. The number of likely N-dealkylation sites (N-methyl/N-ethyl adjacent to an activating group) is 1. The maximum absolute atomic E-state index is 5.95. The molecular weight excluding hydrogens is 410 g/mol. The molecule has 2 aromatic heterocycles. The molecule has 0 radical (unpaired) electrons. The first-order valence-corrected chi connectivity index (χ1v) is 9.05. The number of nitrogens with zero attached hydrogens (tertiary/aromatic N) is 2. The minimum absolute atomic E-state index is 0.231. The quantitative estimate of drug-likeness (QED) is 0.782. The van der Waals surface area contributed by atoms with Crippen LogP contribution in [-0.4, -0.2) is 23.5 Å². The summed E-state index contributed by atoms with van der Waals surface area (Å²) in [6.45, 7) is 3.54. The van der Waals surface area contributed by atoms with Crippen molar-refractivity contribution in [3.63, 3.8) is 0 Å². The first kappa shape index (κ1) is 15.6. The van der Waals surface area contributed by atoms with Gasteiger partial charge in [0.2, 0.25) is 0 Å². The highest BCUT2D eigenvalue weighted by atomic mass is 79.9. The van der Waals surface area contributed by atoms with Gasteiger partial charge in [-0.3, -0.25) is 4.90 Å². The van der Waals surface area contributed by atoms with Gasteiger partial charge in [-0.25, -0.2) is 4.98 Å². The van der Waals surface area contributed by atoms with E-state index in [1.165, 1.54) is 9.75 Å². The second-order valence-electron chi connectivity index (χ2n) is 4.30. The maximum Gasteiger partial charge on any atom is 0.0843 e. The Bertz CT molecular complexity index is 533. The van der Waals surface area contributed by atoms with Crippen LogP contribution in [0.1, 0.15) is 21.5 Å². The van der Waals surface area contributed by atoms with Crippen LogP contribution in [0.3, 0.4) is 0 Å². The highest BCUT2D eigenvalue weighted by Crippen LogP contribution is 2.37. The molecule has 2 heterocycles. The molecule has 1 atom stereocenters. The maximum atomic E-state index is 5.95. The monoisotopic (exact) mass is 423 g/mol. The second kappa shape index (κ2) is 6.78. The van der Waals surface area contributed by atoms with E-state index < -0.39 is 0 Å². The number of halogens is 2. The Labute approximate surface area is 138 Å². The van der Waals surface area contributed by atoms with Gasteiger partial charge >= 0.3 is 0 Å². The van der Waals surface area contributed by atoms with Crippen molar-refractivity contribution in [1.29, 1.82) is 0 Å². The Balaban J connectivity index is 2.15. The van der Waals surface area contributed by atoms with Crippen LogP contribution in [0.5, 0.6) is 0 Å². The van der Waals surface area contributed by atoms with Crippen LogP contribution in [0.2, 0.25) is 0 Å². The predicted octanol–water partition coefficient (Wildman–Crippen LogP) is 4.17. The van der Waals surface area contributed by atoms with Gasteiger partial charge in [0, 0.05) is 27.3 Å². The van der Waals surface area contributed by atoms with Gasteiger partial charge < -0.3 is 5.73 Å². The molecule has 2 N–H and O–H groups in total. The molecule has 104 valence electrons. The summed E-state index contributed by atoms with van der Waals surface area (Å²) in [5.41, 5.74) is 8.96. The van der Waals surface area contributed by atoms with Crippen LogP contribution in [0.15, 0.2) is 19.8 Å². The summed E-state index contributed by atoms with van der Waals surface area (Å²) < 4.78 is 2.21. The molecule has 7 heteroatoms. The van der Waals surface area contributed by atoms with Crippen molar-refractivity contribution in [2.24, 2.45) is 5.73 Å². The lowest BCUT2D eigenvalue weighted by Crippen LogP contribution is -2.29. The summed E-state index contributed by atoms with van der Waals surface area (Å²) in [6.07, 6.45) is 0. The number of aromatic nitrogens is 1. The molecule has 0 spiro atoms. The van der Waals surface area contributed by atoms with Gasteiger partial charge in [-0.15, -0.1) is 22.7 Å². The number of nitrogens with two attached hydrogens (primary N) is 1. The summed E-state index contributed by atoms with van der Waals surface area (Å²) in [5, 5.41) is 0. The molecule has 0 fully saturated rings. The van der Waals surface area contributed by atoms with Crippen molar-refractivity contribution in [2.75, 3.05) is 13.6 Å². The largest absolute Gasteiger partial charge is 0.329 e. The van der Waals surface area contributed by atoms with E-state index in [9.17, 15) is 0 Å². The summed E-state index contributed by atoms with van der Waals surface area (Å²) in [5.74, 6) is 0. The molecule has 0 amide bonds. The third-order valence-corrected chi connectivity index (χ3v) is 7.26. The summed E-state index contributed by atoms with van der Waals surface area (Å²) in [7, 11) is 2.11. The smallest absolute Gasteiger partial charge is 0.0843 e. The van der Waals surface area contributed by atoms with Crippen molar-refractivity contribution in [3.8, 4) is 0 Å². The zero-order chi connectivity index (χ0) is 14.0. The third-order valence-electron chi connectivity index (χ3n) is 2.99. The van der Waals surface area contributed by atoms with Crippen molar-refractivity contribution in [2.45, 2.75) is 19.5 Å². The Morgan fingerprint density at radius 2 is 2.21 bits per heavy atom. The van der Waals surface area contributed by atoms with Gasteiger partial charge in [0.15, 0.2) is 0 Å². The van der Waals surface area contributed by atoms with Crippen LogP contribution < -0.4 is 5.73 Å². The molecular formula is C12H15Br2N3S2. The van der Waals surface area contributed by atoms with E-state index in [4.69, 9.17) is 5.73 Å². The van der Waals surface area contributed by atoms with Crippen LogP contribution in [0.25, 0.3) is 0 Å². The van der Waals surface area contributed by atoms with Crippen LogP contribution in [0, 0.1) is 6.92 Å². The number of thiazole rings is 1. The average Bonchev–Trinajstić information content (AvgIpc) is 2.89. The van der Waals surface area contributed by atoms with Crippen LogP contribution in [-0.2, 0) is 6.54 Å². The van der Waals surface area contributed by atoms with E-state index in [2.05, 4.69) is 61.8 Å². The van der Waals surface area contributed by atoms with E-state index in [-0.39, 0.29) is 6.04 Å².